The maximum atomic E-state index is 12.5. The number of amides is 1. The van der Waals surface area contributed by atoms with Crippen LogP contribution in [0.15, 0.2) is 30.5 Å². The van der Waals surface area contributed by atoms with E-state index in [-0.39, 0.29) is 12.5 Å². The normalized spacial score (nSPS) is 14.2. The van der Waals surface area contributed by atoms with E-state index < -0.39 is 0 Å². The number of nitrogens with two attached hydrogens (primary N) is 1. The fourth-order valence-corrected chi connectivity index (χ4v) is 2.32. The maximum absolute atomic E-state index is 12.5. The Morgan fingerprint density at radius 1 is 1.38 bits per heavy atom. The molecule has 0 unspecified atom stereocenters. The Hall–Kier alpha value is -2.41. The second-order valence-electron chi connectivity index (χ2n) is 4.83. The molecule has 0 radical (unpaired) electrons. The second kappa shape index (κ2) is 5.92. The number of carbonyl (C=O) groups excluding carboxylic acids is 1. The first-order valence-electron chi connectivity index (χ1n) is 6.89. The van der Waals surface area contributed by atoms with Gasteiger partial charge in [-0.2, -0.15) is 0 Å². The number of anilines is 1. The molecule has 21 heavy (non-hydrogen) atoms. The van der Waals surface area contributed by atoms with Gasteiger partial charge in [-0.15, -0.1) is 5.10 Å². The van der Waals surface area contributed by atoms with Crippen LogP contribution < -0.4 is 15.4 Å². The zero-order chi connectivity index (χ0) is 14.7. The van der Waals surface area contributed by atoms with Crippen LogP contribution in [0.5, 0.6) is 5.75 Å². The van der Waals surface area contributed by atoms with Crippen LogP contribution in [-0.4, -0.2) is 34.1 Å². The molecule has 2 aromatic rings. The van der Waals surface area contributed by atoms with E-state index in [1.54, 1.807) is 11.1 Å². The number of rotatable bonds is 3. The zero-order valence-electron chi connectivity index (χ0n) is 11.6. The number of benzene rings is 1. The highest BCUT2D eigenvalue weighted by atomic mass is 16.5. The number of nitrogens with zero attached hydrogens (tertiary/aromatic N) is 4. The van der Waals surface area contributed by atoms with Gasteiger partial charge in [0.1, 0.15) is 12.3 Å². The Kier molecular flexibility index (Phi) is 3.83. The molecular formula is C14H17N5O2. The van der Waals surface area contributed by atoms with E-state index in [0.29, 0.717) is 25.4 Å². The summed E-state index contributed by atoms with van der Waals surface area (Å²) in [6, 6.07) is 7.57. The summed E-state index contributed by atoms with van der Waals surface area (Å²) in [6.45, 7) is 1.70. The molecule has 1 aromatic carbocycles. The smallest absolute Gasteiger partial charge is 0.248 e. The van der Waals surface area contributed by atoms with Crippen LogP contribution in [0.3, 0.4) is 0 Å². The minimum absolute atomic E-state index is 0.0404. The molecule has 2 N–H and O–H groups in total. The molecule has 7 heteroatoms. The van der Waals surface area contributed by atoms with Gasteiger partial charge in [-0.05, 0) is 18.6 Å². The molecule has 0 aliphatic carbocycles. The Balaban J connectivity index is 1.80. The van der Waals surface area contributed by atoms with Crippen molar-refractivity contribution < 1.29 is 9.53 Å². The molecule has 1 aliphatic heterocycles. The first-order chi connectivity index (χ1) is 10.3. The van der Waals surface area contributed by atoms with Crippen LogP contribution in [-0.2, 0) is 17.9 Å². The third-order valence-corrected chi connectivity index (χ3v) is 3.33. The third kappa shape index (κ3) is 2.87. The number of hydrogen-bond acceptors (Lipinski definition) is 5. The molecule has 7 nitrogen and oxygen atoms in total. The summed E-state index contributed by atoms with van der Waals surface area (Å²) in [4.78, 5) is 14.3. The lowest BCUT2D eigenvalue weighted by atomic mass is 10.2. The molecule has 0 saturated heterocycles. The van der Waals surface area contributed by atoms with Crippen LogP contribution in [0.4, 0.5) is 5.69 Å². The van der Waals surface area contributed by atoms with Gasteiger partial charge >= 0.3 is 0 Å². The van der Waals surface area contributed by atoms with E-state index in [0.717, 1.165) is 17.9 Å². The Morgan fingerprint density at radius 3 is 3.05 bits per heavy atom. The average Bonchev–Trinajstić information content (AvgIpc) is 2.84. The molecule has 1 aliphatic rings. The Labute approximate surface area is 122 Å². The van der Waals surface area contributed by atoms with Crippen molar-refractivity contribution in [2.75, 3.05) is 18.1 Å². The van der Waals surface area contributed by atoms with Gasteiger partial charge < -0.3 is 15.4 Å². The van der Waals surface area contributed by atoms with Crippen LogP contribution >= 0.6 is 0 Å². The maximum Gasteiger partial charge on any atom is 0.248 e. The van der Waals surface area contributed by atoms with Crippen molar-refractivity contribution in [3.05, 3.63) is 36.2 Å². The quantitative estimate of drug-likeness (QED) is 0.891. The number of para-hydroxylation sites is 2. The monoisotopic (exact) mass is 287 g/mol. The van der Waals surface area contributed by atoms with Crippen molar-refractivity contribution in [2.45, 2.75) is 19.5 Å². The highest BCUT2D eigenvalue weighted by molar-refractivity contribution is 5.94. The average molecular weight is 287 g/mol. The number of fused-ring (bicyclic) bond motifs is 1. The molecule has 0 atom stereocenters. The topological polar surface area (TPSA) is 86.3 Å². The number of aromatic nitrogens is 3. The minimum Gasteiger partial charge on any atom is -0.491 e. The molecule has 1 aromatic heterocycles. The second-order valence-corrected chi connectivity index (χ2v) is 4.83. The van der Waals surface area contributed by atoms with Crippen molar-refractivity contribution in [3.63, 3.8) is 0 Å². The summed E-state index contributed by atoms with van der Waals surface area (Å²) in [5.41, 5.74) is 6.97. The molecule has 0 bridgehead atoms. The van der Waals surface area contributed by atoms with E-state index in [1.165, 1.54) is 4.68 Å². The van der Waals surface area contributed by atoms with Gasteiger partial charge in [0.05, 0.1) is 24.2 Å². The molecule has 3 rings (SSSR count). The number of carbonyl (C=O) groups is 1. The van der Waals surface area contributed by atoms with Gasteiger partial charge in [0.25, 0.3) is 0 Å². The first kappa shape index (κ1) is 13.6. The molecule has 1 amide bonds. The first-order valence-corrected chi connectivity index (χ1v) is 6.89. The van der Waals surface area contributed by atoms with Crippen LogP contribution in [0.25, 0.3) is 0 Å². The van der Waals surface area contributed by atoms with E-state index in [2.05, 4.69) is 10.3 Å². The van der Waals surface area contributed by atoms with Gasteiger partial charge in [-0.3, -0.25) is 4.79 Å². The molecule has 2 heterocycles. The fourth-order valence-electron chi connectivity index (χ4n) is 2.32. The van der Waals surface area contributed by atoms with Crippen molar-refractivity contribution in [1.82, 2.24) is 15.0 Å². The lowest BCUT2D eigenvalue weighted by Crippen LogP contribution is -2.34. The zero-order valence-corrected chi connectivity index (χ0v) is 11.6. The Morgan fingerprint density at radius 2 is 2.24 bits per heavy atom. The highest BCUT2D eigenvalue weighted by Crippen LogP contribution is 2.30. The molecular weight excluding hydrogens is 270 g/mol. The van der Waals surface area contributed by atoms with E-state index in [1.807, 2.05) is 24.3 Å². The largest absolute Gasteiger partial charge is 0.491 e. The van der Waals surface area contributed by atoms with Crippen molar-refractivity contribution in [1.29, 1.82) is 0 Å². The highest BCUT2D eigenvalue weighted by Gasteiger charge is 2.22. The summed E-state index contributed by atoms with van der Waals surface area (Å²) in [5.74, 6) is 0.700. The van der Waals surface area contributed by atoms with Crippen LogP contribution in [0.2, 0.25) is 0 Å². The number of hydrogen-bond donors (Lipinski definition) is 1. The summed E-state index contributed by atoms with van der Waals surface area (Å²) in [7, 11) is 0. The van der Waals surface area contributed by atoms with Gasteiger partial charge in [0.2, 0.25) is 5.91 Å². The van der Waals surface area contributed by atoms with E-state index in [9.17, 15) is 4.79 Å². The summed E-state index contributed by atoms with van der Waals surface area (Å²) >= 11 is 0. The van der Waals surface area contributed by atoms with Gasteiger partial charge in [0.15, 0.2) is 0 Å². The lowest BCUT2D eigenvalue weighted by molar-refractivity contribution is -0.119. The van der Waals surface area contributed by atoms with Crippen molar-refractivity contribution in [2.24, 2.45) is 5.73 Å². The standard InChI is InChI=1S/C14H17N5O2/c15-8-11-9-18(17-16-11)10-14(20)19-6-3-7-21-13-5-2-1-4-12(13)19/h1-2,4-5,9H,3,6-8,10,15H2. The predicted octanol–water partition coefficient (Wildman–Crippen LogP) is 0.552. The van der Waals surface area contributed by atoms with Crippen molar-refractivity contribution >= 4 is 11.6 Å². The lowest BCUT2D eigenvalue weighted by Gasteiger charge is -2.21. The third-order valence-electron chi connectivity index (χ3n) is 3.33. The fraction of sp³-hybridized carbons (Fsp3) is 0.357. The van der Waals surface area contributed by atoms with E-state index >= 15 is 0 Å². The van der Waals surface area contributed by atoms with Gasteiger partial charge in [-0.1, -0.05) is 17.3 Å². The minimum atomic E-state index is -0.0404. The predicted molar refractivity (Wildman–Crippen MR) is 76.8 cm³/mol. The summed E-state index contributed by atoms with van der Waals surface area (Å²) < 4.78 is 7.17. The van der Waals surface area contributed by atoms with Gasteiger partial charge in [-0.25, -0.2) is 4.68 Å². The molecule has 0 saturated carbocycles. The van der Waals surface area contributed by atoms with E-state index in [4.69, 9.17) is 10.5 Å². The molecule has 110 valence electrons. The number of ether oxygens (including phenoxy) is 1. The van der Waals surface area contributed by atoms with Crippen LogP contribution in [0, 0.1) is 0 Å². The Bertz CT molecular complexity index is 640. The summed E-state index contributed by atoms with van der Waals surface area (Å²) in [5, 5.41) is 7.80. The SMILES string of the molecule is NCc1cn(CC(=O)N2CCCOc3ccccc32)nn1. The molecule has 0 spiro atoms. The molecule has 0 fully saturated rings. The van der Waals surface area contributed by atoms with Gasteiger partial charge in [0, 0.05) is 13.1 Å². The summed E-state index contributed by atoms with van der Waals surface area (Å²) in [6.07, 6.45) is 2.49. The van der Waals surface area contributed by atoms with Crippen molar-refractivity contribution in [3.8, 4) is 5.75 Å². The van der Waals surface area contributed by atoms with Crippen LogP contribution in [0.1, 0.15) is 12.1 Å².